The van der Waals surface area contributed by atoms with Crippen LogP contribution in [0, 0.1) is 12.8 Å². The largest absolute Gasteiger partial charge is 0.504 e. The molecule has 2 saturated heterocycles. The SMILES string of the molecule is Cc1cc(SCC(=O)N[C@@H]2C(=O)N3C(C(=O)O)=C(C(CC4CC4)=C4CCNC4=O)CS[C@H]23)n2nc(-c3ccc(O)c(O)c3)nc2n1. The Morgan fingerprint density at radius 1 is 1.15 bits per heavy atom. The van der Waals surface area contributed by atoms with Crippen LogP contribution < -0.4 is 10.6 Å². The van der Waals surface area contributed by atoms with Crippen LogP contribution >= 0.6 is 23.5 Å². The van der Waals surface area contributed by atoms with Crippen molar-refractivity contribution in [3.63, 3.8) is 0 Å². The van der Waals surface area contributed by atoms with Crippen LogP contribution in [-0.4, -0.2) is 93.0 Å². The van der Waals surface area contributed by atoms with E-state index in [1.54, 1.807) is 19.1 Å². The van der Waals surface area contributed by atoms with Gasteiger partial charge in [-0.05, 0) is 73.9 Å². The number of nitrogens with one attached hydrogen (secondary N) is 2. The molecule has 1 saturated carbocycles. The number of hydrogen-bond donors (Lipinski definition) is 5. The molecule has 0 unspecified atom stereocenters. The van der Waals surface area contributed by atoms with Crippen molar-refractivity contribution in [2.75, 3.05) is 18.1 Å². The number of amides is 3. The monoisotopic (exact) mass is 663 g/mol. The summed E-state index contributed by atoms with van der Waals surface area (Å²) in [6.45, 7) is 2.29. The topological polar surface area (TPSA) is 199 Å². The fraction of sp³-hybridized carbons (Fsp3) is 0.367. The highest BCUT2D eigenvalue weighted by molar-refractivity contribution is 8.00. The lowest BCUT2D eigenvalue weighted by Gasteiger charge is -2.49. The molecule has 3 fully saturated rings. The van der Waals surface area contributed by atoms with Crippen LogP contribution in [0.2, 0.25) is 0 Å². The van der Waals surface area contributed by atoms with Gasteiger partial charge in [0.2, 0.25) is 11.8 Å². The molecule has 7 rings (SSSR count). The number of aromatic hydroxyl groups is 2. The normalized spacial score (nSPS) is 22.1. The number of aliphatic carboxylic acids is 1. The number of phenolic OH excluding ortho intramolecular Hbond substituents is 2. The van der Waals surface area contributed by atoms with Crippen molar-refractivity contribution in [3.05, 3.63) is 52.4 Å². The van der Waals surface area contributed by atoms with Crippen LogP contribution in [0.25, 0.3) is 17.2 Å². The van der Waals surface area contributed by atoms with Gasteiger partial charge < -0.3 is 26.0 Å². The number of carbonyl (C=O) groups is 4. The summed E-state index contributed by atoms with van der Waals surface area (Å²) in [6.07, 6.45) is 3.20. The molecule has 3 aliphatic heterocycles. The summed E-state index contributed by atoms with van der Waals surface area (Å²) < 4.78 is 1.47. The number of β-lactam (4-membered cyclic amide) rings is 1. The summed E-state index contributed by atoms with van der Waals surface area (Å²) in [7, 11) is 0. The molecule has 238 valence electrons. The smallest absolute Gasteiger partial charge is 0.352 e. The van der Waals surface area contributed by atoms with E-state index in [0.717, 1.165) is 18.4 Å². The summed E-state index contributed by atoms with van der Waals surface area (Å²) in [4.78, 5) is 61.6. The first-order chi connectivity index (χ1) is 22.1. The van der Waals surface area contributed by atoms with Crippen LogP contribution in [0.5, 0.6) is 11.5 Å². The second-order valence-corrected chi connectivity index (χ2v) is 13.7. The number of benzene rings is 1. The first-order valence-corrected chi connectivity index (χ1v) is 16.7. The number of thioether (sulfide) groups is 2. The number of phenols is 2. The number of allylic oxidation sites excluding steroid dienone is 1. The summed E-state index contributed by atoms with van der Waals surface area (Å²) in [5, 5.41) is 39.8. The van der Waals surface area contributed by atoms with Crippen molar-refractivity contribution in [1.29, 1.82) is 0 Å². The second-order valence-electron chi connectivity index (χ2n) is 11.6. The lowest BCUT2D eigenvalue weighted by Crippen LogP contribution is -2.70. The Morgan fingerprint density at radius 2 is 1.96 bits per heavy atom. The molecule has 2 aromatic heterocycles. The fourth-order valence-electron chi connectivity index (χ4n) is 5.89. The van der Waals surface area contributed by atoms with Crippen molar-refractivity contribution in [2.45, 2.75) is 49.0 Å². The average molecular weight is 664 g/mol. The molecule has 5 N–H and O–H groups in total. The van der Waals surface area contributed by atoms with Gasteiger partial charge in [0.1, 0.15) is 22.1 Å². The quantitative estimate of drug-likeness (QED) is 0.0734. The van der Waals surface area contributed by atoms with Crippen LogP contribution in [0.1, 0.15) is 31.4 Å². The Balaban J connectivity index is 1.07. The molecule has 46 heavy (non-hydrogen) atoms. The Bertz CT molecular complexity index is 1900. The van der Waals surface area contributed by atoms with E-state index in [4.69, 9.17) is 0 Å². The Kier molecular flexibility index (Phi) is 7.63. The molecule has 1 aliphatic carbocycles. The number of aryl methyl sites for hydroxylation is 1. The van der Waals surface area contributed by atoms with Gasteiger partial charge in [0.25, 0.3) is 11.7 Å². The zero-order chi connectivity index (χ0) is 32.3. The average Bonchev–Trinajstić information content (AvgIpc) is 3.59. The first-order valence-electron chi connectivity index (χ1n) is 14.7. The summed E-state index contributed by atoms with van der Waals surface area (Å²) >= 11 is 2.55. The van der Waals surface area contributed by atoms with Crippen LogP contribution in [0.3, 0.4) is 0 Å². The summed E-state index contributed by atoms with van der Waals surface area (Å²) in [5.74, 6) is -1.70. The first kappa shape index (κ1) is 30.1. The molecule has 3 aromatic rings. The van der Waals surface area contributed by atoms with Crippen molar-refractivity contribution in [2.24, 2.45) is 5.92 Å². The van der Waals surface area contributed by atoms with Gasteiger partial charge in [0, 0.05) is 29.1 Å². The minimum Gasteiger partial charge on any atom is -0.504 e. The zero-order valence-electron chi connectivity index (χ0n) is 24.5. The van der Waals surface area contributed by atoms with E-state index in [1.807, 2.05) is 0 Å². The summed E-state index contributed by atoms with van der Waals surface area (Å²) in [5.41, 5.74) is 2.88. The second kappa shape index (κ2) is 11.7. The molecular formula is C30H29N7O7S2. The van der Waals surface area contributed by atoms with E-state index in [1.165, 1.54) is 45.1 Å². The van der Waals surface area contributed by atoms with Gasteiger partial charge in [-0.25, -0.2) is 9.78 Å². The van der Waals surface area contributed by atoms with E-state index in [9.17, 15) is 34.5 Å². The van der Waals surface area contributed by atoms with Crippen molar-refractivity contribution < 1.29 is 34.5 Å². The van der Waals surface area contributed by atoms with Gasteiger partial charge >= 0.3 is 5.97 Å². The highest BCUT2D eigenvalue weighted by atomic mass is 32.2. The summed E-state index contributed by atoms with van der Waals surface area (Å²) in [6, 6.07) is 5.08. The standard InChI is InChI=1S/C30H29N7O7S2/c1-13-8-22(37-30(32-13)34-25(35-37)15-4-5-19(38)20(39)10-15)45-12-21(40)33-23-27(42)36-24(29(43)44)18(11-46-28(23)36)17(9-14-2-3-14)16-6-7-31-26(16)41/h4-5,8,10,14,23,28,38-39H,2-3,6-7,9,11-12H2,1H3,(H,31,41)(H,33,40)(H,43,44)/t23-,28-/m1/s1. The predicted molar refractivity (Wildman–Crippen MR) is 167 cm³/mol. The highest BCUT2D eigenvalue weighted by Gasteiger charge is 2.54. The molecule has 1 aromatic carbocycles. The number of rotatable bonds is 9. The molecule has 3 amide bonds. The molecule has 16 heteroatoms. The number of fused-ring (bicyclic) bond motifs is 2. The predicted octanol–water partition coefficient (Wildman–Crippen LogP) is 1.96. The maximum atomic E-state index is 13.3. The minimum atomic E-state index is -1.23. The number of carbonyl (C=O) groups excluding carboxylic acids is 3. The Morgan fingerprint density at radius 3 is 2.65 bits per heavy atom. The van der Waals surface area contributed by atoms with E-state index in [2.05, 4.69) is 25.7 Å². The zero-order valence-corrected chi connectivity index (χ0v) is 26.2. The van der Waals surface area contributed by atoms with Gasteiger partial charge in [-0.1, -0.05) is 11.8 Å². The van der Waals surface area contributed by atoms with Gasteiger partial charge in [-0.15, -0.1) is 16.9 Å². The lowest BCUT2D eigenvalue weighted by molar-refractivity contribution is -0.150. The van der Waals surface area contributed by atoms with E-state index < -0.39 is 29.2 Å². The third-order valence-corrected chi connectivity index (χ3v) is 10.6. The van der Waals surface area contributed by atoms with Crippen LogP contribution in [-0.2, 0) is 19.2 Å². The third kappa shape index (κ3) is 5.44. The van der Waals surface area contributed by atoms with Gasteiger partial charge in [0.15, 0.2) is 17.3 Å². The lowest BCUT2D eigenvalue weighted by atomic mass is 9.91. The van der Waals surface area contributed by atoms with Gasteiger partial charge in [0.05, 0.1) is 5.75 Å². The van der Waals surface area contributed by atoms with Crippen molar-refractivity contribution in [1.82, 2.24) is 35.1 Å². The van der Waals surface area contributed by atoms with Gasteiger partial charge in [-0.2, -0.15) is 9.50 Å². The molecule has 2 atom stereocenters. The van der Waals surface area contributed by atoms with E-state index in [0.29, 0.717) is 58.5 Å². The molecular weight excluding hydrogens is 635 g/mol. The minimum absolute atomic E-state index is 0.0610. The Labute approximate surface area is 270 Å². The molecule has 0 spiro atoms. The highest BCUT2D eigenvalue weighted by Crippen LogP contribution is 2.46. The molecule has 5 heterocycles. The van der Waals surface area contributed by atoms with E-state index in [-0.39, 0.29) is 40.5 Å². The molecule has 14 nitrogen and oxygen atoms in total. The number of nitrogens with zero attached hydrogens (tertiary/aromatic N) is 5. The van der Waals surface area contributed by atoms with Gasteiger partial charge in [-0.3, -0.25) is 19.3 Å². The molecule has 0 radical (unpaired) electrons. The van der Waals surface area contributed by atoms with Crippen LogP contribution in [0.4, 0.5) is 0 Å². The fourth-order valence-corrected chi connectivity index (χ4v) is 8.14. The third-order valence-electron chi connectivity index (χ3n) is 8.33. The maximum Gasteiger partial charge on any atom is 0.352 e. The number of carboxylic acids is 1. The number of carboxylic acid groups (broad SMARTS) is 1. The number of hydrogen-bond acceptors (Lipinski definition) is 11. The van der Waals surface area contributed by atoms with E-state index >= 15 is 0 Å². The van der Waals surface area contributed by atoms with Crippen molar-refractivity contribution in [3.8, 4) is 22.9 Å². The Hall–Kier alpha value is -4.57. The number of aromatic nitrogens is 4. The molecule has 0 bridgehead atoms. The maximum absolute atomic E-state index is 13.3. The molecule has 4 aliphatic rings. The van der Waals surface area contributed by atoms with Crippen molar-refractivity contribution >= 4 is 53.0 Å². The van der Waals surface area contributed by atoms with Crippen LogP contribution in [0.15, 0.2) is 51.7 Å².